The summed E-state index contributed by atoms with van der Waals surface area (Å²) >= 11 is 0. The van der Waals surface area contributed by atoms with Crippen LogP contribution in [-0.4, -0.2) is 41.1 Å². The Hall–Kier alpha value is -1.49. The molecule has 1 aliphatic heterocycles. The van der Waals surface area contributed by atoms with Crippen molar-refractivity contribution in [3.8, 4) is 0 Å². The minimum atomic E-state index is -1.74. The molecule has 1 saturated carbocycles. The van der Waals surface area contributed by atoms with E-state index in [1.807, 2.05) is 17.0 Å². The molecular weight excluding hydrogens is 269 g/mol. The zero-order valence-electron chi connectivity index (χ0n) is 12.2. The molecular formula is C16H22FN3O. The average molecular weight is 291 g/mol. The highest BCUT2D eigenvalue weighted by Gasteiger charge is 2.42. The zero-order valence-corrected chi connectivity index (χ0v) is 12.2. The summed E-state index contributed by atoms with van der Waals surface area (Å²) in [5.74, 6) is 0.155. The van der Waals surface area contributed by atoms with Crippen molar-refractivity contribution in [2.24, 2.45) is 5.92 Å². The van der Waals surface area contributed by atoms with Crippen LogP contribution in [0.3, 0.4) is 0 Å². The molecule has 21 heavy (non-hydrogen) atoms. The van der Waals surface area contributed by atoms with Crippen molar-refractivity contribution in [1.82, 2.24) is 15.2 Å². The first-order chi connectivity index (χ1) is 10.2. The Morgan fingerprint density at radius 2 is 2.19 bits per heavy atom. The highest BCUT2D eigenvalue weighted by atomic mass is 19.1. The maximum Gasteiger partial charge on any atom is 0.259 e. The van der Waals surface area contributed by atoms with Gasteiger partial charge in [0.2, 0.25) is 5.67 Å². The van der Waals surface area contributed by atoms with E-state index in [1.165, 1.54) is 0 Å². The van der Waals surface area contributed by atoms with Crippen LogP contribution in [0, 0.1) is 5.92 Å². The number of carbonyl (C=O) groups is 1. The molecule has 0 bridgehead atoms. The molecule has 0 spiro atoms. The monoisotopic (exact) mass is 291 g/mol. The molecule has 2 fully saturated rings. The van der Waals surface area contributed by atoms with E-state index in [0.29, 0.717) is 25.4 Å². The first kappa shape index (κ1) is 14.4. The number of nitrogens with zero attached hydrogens (tertiary/aromatic N) is 2. The lowest BCUT2D eigenvalue weighted by atomic mass is 9.93. The fourth-order valence-corrected chi connectivity index (χ4v) is 2.88. The molecule has 1 aromatic rings. The summed E-state index contributed by atoms with van der Waals surface area (Å²) < 4.78 is 14.9. The highest BCUT2D eigenvalue weighted by molar-refractivity contribution is 5.85. The van der Waals surface area contributed by atoms with Gasteiger partial charge in [-0.25, -0.2) is 4.39 Å². The van der Waals surface area contributed by atoms with Gasteiger partial charge in [-0.2, -0.15) is 0 Å². The predicted molar refractivity (Wildman–Crippen MR) is 78.3 cm³/mol. The summed E-state index contributed by atoms with van der Waals surface area (Å²) in [5, 5.41) is 2.79. The SMILES string of the molecule is O=C(NCC1CC1)C1(F)CCCN(Cc2ccncc2)C1. The standard InChI is InChI=1S/C16H22FN3O/c17-16(15(21)19-10-13-2-3-13)6-1-9-20(12-16)11-14-4-7-18-8-5-14/h4-5,7-8,13H,1-3,6,9-12H2,(H,19,21). The van der Waals surface area contributed by atoms with E-state index in [4.69, 9.17) is 0 Å². The van der Waals surface area contributed by atoms with E-state index in [-0.39, 0.29) is 6.54 Å². The molecule has 0 aromatic carbocycles. The second-order valence-electron chi connectivity index (χ2n) is 6.29. The number of halogens is 1. The Morgan fingerprint density at radius 3 is 2.90 bits per heavy atom. The third kappa shape index (κ3) is 3.79. The normalized spacial score (nSPS) is 26.5. The third-order valence-corrected chi connectivity index (χ3v) is 4.33. The number of carbonyl (C=O) groups excluding carboxylic acids is 1. The van der Waals surface area contributed by atoms with Crippen LogP contribution in [0.1, 0.15) is 31.2 Å². The first-order valence-corrected chi connectivity index (χ1v) is 7.74. The van der Waals surface area contributed by atoms with Crippen molar-refractivity contribution in [1.29, 1.82) is 0 Å². The van der Waals surface area contributed by atoms with Gasteiger partial charge in [-0.3, -0.25) is 14.7 Å². The maximum atomic E-state index is 14.9. The van der Waals surface area contributed by atoms with E-state index in [1.54, 1.807) is 12.4 Å². The summed E-state index contributed by atoms with van der Waals surface area (Å²) in [4.78, 5) is 18.1. The fourth-order valence-electron chi connectivity index (χ4n) is 2.88. The van der Waals surface area contributed by atoms with Crippen molar-refractivity contribution in [2.45, 2.75) is 37.9 Å². The summed E-state index contributed by atoms with van der Waals surface area (Å²) in [7, 11) is 0. The molecule has 1 saturated heterocycles. The number of aromatic nitrogens is 1. The van der Waals surface area contributed by atoms with Gasteiger partial charge in [0.15, 0.2) is 0 Å². The van der Waals surface area contributed by atoms with Crippen molar-refractivity contribution >= 4 is 5.91 Å². The van der Waals surface area contributed by atoms with Crippen LogP contribution < -0.4 is 5.32 Å². The summed E-state index contributed by atoms with van der Waals surface area (Å²) in [6, 6.07) is 3.86. The van der Waals surface area contributed by atoms with E-state index < -0.39 is 11.6 Å². The van der Waals surface area contributed by atoms with Gasteiger partial charge in [0.25, 0.3) is 5.91 Å². The largest absolute Gasteiger partial charge is 0.353 e. The molecule has 2 aliphatic rings. The van der Waals surface area contributed by atoms with Crippen molar-refractivity contribution in [3.63, 3.8) is 0 Å². The van der Waals surface area contributed by atoms with Gasteiger partial charge in [-0.1, -0.05) is 0 Å². The summed E-state index contributed by atoms with van der Waals surface area (Å²) in [5.41, 5.74) is -0.632. The molecule has 114 valence electrons. The quantitative estimate of drug-likeness (QED) is 0.901. The molecule has 4 nitrogen and oxygen atoms in total. The smallest absolute Gasteiger partial charge is 0.259 e. The van der Waals surface area contributed by atoms with Gasteiger partial charge in [0.1, 0.15) is 0 Å². The molecule has 1 N–H and O–H groups in total. The number of amides is 1. The molecule has 2 heterocycles. The lowest BCUT2D eigenvalue weighted by Gasteiger charge is -2.36. The Labute approximate surface area is 124 Å². The number of piperidine rings is 1. The van der Waals surface area contributed by atoms with E-state index >= 15 is 0 Å². The number of hydrogen-bond donors (Lipinski definition) is 1. The Kier molecular flexibility index (Phi) is 4.19. The second-order valence-corrected chi connectivity index (χ2v) is 6.29. The molecule has 1 unspecified atom stereocenters. The van der Waals surface area contributed by atoms with Crippen LogP contribution in [0.5, 0.6) is 0 Å². The molecule has 0 radical (unpaired) electrons. The molecule has 1 atom stereocenters. The zero-order chi connectivity index (χ0) is 14.7. The van der Waals surface area contributed by atoms with Crippen LogP contribution in [0.4, 0.5) is 4.39 Å². The van der Waals surface area contributed by atoms with Crippen LogP contribution >= 0.6 is 0 Å². The maximum absolute atomic E-state index is 14.9. The van der Waals surface area contributed by atoms with Crippen LogP contribution in [0.2, 0.25) is 0 Å². The molecule has 5 heteroatoms. The number of pyridine rings is 1. The third-order valence-electron chi connectivity index (χ3n) is 4.33. The number of rotatable bonds is 5. The molecule has 1 aromatic heterocycles. The van der Waals surface area contributed by atoms with Gasteiger partial charge < -0.3 is 5.32 Å². The lowest BCUT2D eigenvalue weighted by Crippen LogP contribution is -2.54. The minimum absolute atomic E-state index is 0.186. The Balaban J connectivity index is 1.57. The topological polar surface area (TPSA) is 45.2 Å². The summed E-state index contributed by atoms with van der Waals surface area (Å²) in [6.07, 6.45) is 6.85. The first-order valence-electron chi connectivity index (χ1n) is 7.74. The number of hydrogen-bond acceptors (Lipinski definition) is 3. The van der Waals surface area contributed by atoms with Crippen LogP contribution in [0.15, 0.2) is 24.5 Å². The highest BCUT2D eigenvalue weighted by Crippen LogP contribution is 2.29. The van der Waals surface area contributed by atoms with E-state index in [2.05, 4.69) is 10.3 Å². The molecule has 1 amide bonds. The van der Waals surface area contributed by atoms with Crippen molar-refractivity contribution in [3.05, 3.63) is 30.1 Å². The predicted octanol–water partition coefficient (Wildman–Crippen LogP) is 1.91. The van der Waals surface area contributed by atoms with Gasteiger partial charge in [-0.05, 0) is 55.8 Å². The van der Waals surface area contributed by atoms with Gasteiger partial charge in [0.05, 0.1) is 0 Å². The van der Waals surface area contributed by atoms with E-state index in [9.17, 15) is 9.18 Å². The lowest BCUT2D eigenvalue weighted by molar-refractivity contribution is -0.136. The van der Waals surface area contributed by atoms with Crippen LogP contribution in [0.25, 0.3) is 0 Å². The van der Waals surface area contributed by atoms with Crippen molar-refractivity contribution < 1.29 is 9.18 Å². The number of nitrogens with one attached hydrogen (secondary N) is 1. The van der Waals surface area contributed by atoms with Crippen LogP contribution in [-0.2, 0) is 11.3 Å². The minimum Gasteiger partial charge on any atom is -0.353 e. The van der Waals surface area contributed by atoms with Gasteiger partial charge in [0, 0.05) is 32.0 Å². The van der Waals surface area contributed by atoms with Gasteiger partial charge >= 0.3 is 0 Å². The Bertz CT molecular complexity index is 492. The number of likely N-dealkylation sites (tertiary alicyclic amines) is 1. The molecule has 1 aliphatic carbocycles. The average Bonchev–Trinajstić information content (AvgIpc) is 3.30. The van der Waals surface area contributed by atoms with Gasteiger partial charge in [-0.15, -0.1) is 0 Å². The molecule has 3 rings (SSSR count). The fraction of sp³-hybridized carbons (Fsp3) is 0.625. The summed E-state index contributed by atoms with van der Waals surface area (Å²) in [6.45, 7) is 2.33. The number of alkyl halides is 1. The second kappa shape index (κ2) is 6.10. The Morgan fingerprint density at radius 1 is 1.43 bits per heavy atom. The van der Waals surface area contributed by atoms with Crippen molar-refractivity contribution in [2.75, 3.05) is 19.6 Å². The van der Waals surface area contributed by atoms with E-state index in [0.717, 1.165) is 31.4 Å².